The SMILES string of the molecule is CC(C)(C)OC(=O)n1cc(Br)cc1-c1c(Br)cccc1C(F)(F)F. The van der Waals surface area contributed by atoms with Crippen LogP contribution in [0.15, 0.2) is 39.4 Å². The summed E-state index contributed by atoms with van der Waals surface area (Å²) in [5.41, 5.74) is -1.66. The second-order valence-corrected chi connectivity index (χ2v) is 7.82. The van der Waals surface area contributed by atoms with Gasteiger partial charge in [-0.3, -0.25) is 4.57 Å². The van der Waals surface area contributed by atoms with E-state index in [0.717, 1.165) is 10.6 Å². The fraction of sp³-hybridized carbons (Fsp3) is 0.312. The summed E-state index contributed by atoms with van der Waals surface area (Å²) in [7, 11) is 0. The Hall–Kier alpha value is -1.28. The maximum atomic E-state index is 13.4. The van der Waals surface area contributed by atoms with Gasteiger partial charge in [0, 0.05) is 20.7 Å². The molecule has 1 aromatic heterocycles. The number of carbonyl (C=O) groups excluding carboxylic acids is 1. The molecular weight excluding hydrogens is 455 g/mol. The Morgan fingerprint density at radius 3 is 2.33 bits per heavy atom. The molecule has 1 aromatic carbocycles. The van der Waals surface area contributed by atoms with E-state index >= 15 is 0 Å². The lowest BCUT2D eigenvalue weighted by Gasteiger charge is -2.21. The second kappa shape index (κ2) is 6.55. The van der Waals surface area contributed by atoms with Crippen LogP contribution in [0.4, 0.5) is 18.0 Å². The summed E-state index contributed by atoms with van der Waals surface area (Å²) >= 11 is 6.35. The molecule has 0 spiro atoms. The molecule has 0 bridgehead atoms. The van der Waals surface area contributed by atoms with Crippen LogP contribution in [0.2, 0.25) is 0 Å². The summed E-state index contributed by atoms with van der Waals surface area (Å²) in [6.07, 6.45) is -3.94. The molecule has 0 atom stereocenters. The third kappa shape index (κ3) is 4.22. The van der Waals surface area contributed by atoms with Crippen molar-refractivity contribution in [1.29, 1.82) is 0 Å². The standard InChI is InChI=1S/C16H14Br2F3NO2/c1-15(2,3)24-14(23)22-8-9(17)7-12(22)13-10(16(19,20)21)5-4-6-11(13)18/h4-8H,1-3H3. The number of rotatable bonds is 1. The third-order valence-electron chi connectivity index (χ3n) is 2.95. The van der Waals surface area contributed by atoms with Gasteiger partial charge in [-0.25, -0.2) is 4.79 Å². The minimum atomic E-state index is -4.56. The van der Waals surface area contributed by atoms with Gasteiger partial charge in [0.05, 0.1) is 11.3 Å². The van der Waals surface area contributed by atoms with E-state index in [1.165, 1.54) is 24.4 Å². The van der Waals surface area contributed by atoms with Crippen LogP contribution in [0.3, 0.4) is 0 Å². The van der Waals surface area contributed by atoms with Gasteiger partial charge in [-0.1, -0.05) is 22.0 Å². The van der Waals surface area contributed by atoms with E-state index in [9.17, 15) is 18.0 Å². The quantitative estimate of drug-likeness (QED) is 0.479. The van der Waals surface area contributed by atoms with Crippen molar-refractivity contribution in [3.63, 3.8) is 0 Å². The highest BCUT2D eigenvalue weighted by atomic mass is 79.9. The first-order valence-electron chi connectivity index (χ1n) is 6.87. The number of hydrogen-bond acceptors (Lipinski definition) is 2. The minimum Gasteiger partial charge on any atom is -0.443 e. The average molecular weight is 469 g/mol. The highest BCUT2D eigenvalue weighted by molar-refractivity contribution is 9.10. The van der Waals surface area contributed by atoms with Crippen molar-refractivity contribution in [3.05, 3.63) is 45.0 Å². The van der Waals surface area contributed by atoms with Crippen molar-refractivity contribution < 1.29 is 22.7 Å². The molecule has 0 unspecified atom stereocenters. The molecule has 0 aliphatic rings. The Morgan fingerprint density at radius 2 is 1.79 bits per heavy atom. The molecule has 2 aromatic rings. The molecule has 0 amide bonds. The average Bonchev–Trinajstić information content (AvgIpc) is 2.77. The summed E-state index contributed by atoms with van der Waals surface area (Å²) in [6, 6.07) is 5.21. The summed E-state index contributed by atoms with van der Waals surface area (Å²) in [6.45, 7) is 5.05. The van der Waals surface area contributed by atoms with Crippen LogP contribution in [0, 0.1) is 0 Å². The van der Waals surface area contributed by atoms with Gasteiger partial charge in [-0.05, 0) is 54.9 Å². The van der Waals surface area contributed by atoms with Crippen molar-refractivity contribution in [2.24, 2.45) is 0 Å². The number of benzene rings is 1. The highest BCUT2D eigenvalue weighted by Gasteiger charge is 2.36. The highest BCUT2D eigenvalue weighted by Crippen LogP contribution is 2.42. The number of halogens is 5. The van der Waals surface area contributed by atoms with Crippen molar-refractivity contribution >= 4 is 38.0 Å². The molecule has 130 valence electrons. The molecule has 0 aliphatic carbocycles. The van der Waals surface area contributed by atoms with Gasteiger partial charge in [0.25, 0.3) is 0 Å². The molecule has 0 radical (unpaired) electrons. The monoisotopic (exact) mass is 467 g/mol. The predicted molar refractivity (Wildman–Crippen MR) is 91.9 cm³/mol. The number of ether oxygens (including phenoxy) is 1. The lowest BCUT2D eigenvalue weighted by atomic mass is 10.0. The topological polar surface area (TPSA) is 31.2 Å². The van der Waals surface area contributed by atoms with Crippen LogP contribution >= 0.6 is 31.9 Å². The first-order valence-corrected chi connectivity index (χ1v) is 8.46. The summed E-state index contributed by atoms with van der Waals surface area (Å²) in [5, 5.41) is 0. The van der Waals surface area contributed by atoms with Gasteiger partial charge < -0.3 is 4.74 Å². The zero-order valence-corrected chi connectivity index (χ0v) is 16.2. The lowest BCUT2D eigenvalue weighted by Crippen LogP contribution is -2.27. The van der Waals surface area contributed by atoms with Gasteiger partial charge in [0.2, 0.25) is 0 Å². The van der Waals surface area contributed by atoms with Gasteiger partial charge in [-0.15, -0.1) is 0 Å². The maximum absolute atomic E-state index is 13.4. The number of alkyl halides is 3. The molecule has 2 rings (SSSR count). The van der Waals surface area contributed by atoms with Crippen LogP contribution in [0.1, 0.15) is 26.3 Å². The van der Waals surface area contributed by atoms with Crippen LogP contribution in [0.25, 0.3) is 11.3 Å². The van der Waals surface area contributed by atoms with Crippen LogP contribution in [0.5, 0.6) is 0 Å². The van der Waals surface area contributed by atoms with Crippen LogP contribution < -0.4 is 0 Å². The summed E-state index contributed by atoms with van der Waals surface area (Å²) in [5.74, 6) is 0. The Kier molecular flexibility index (Phi) is 5.20. The van der Waals surface area contributed by atoms with E-state index in [2.05, 4.69) is 31.9 Å². The molecule has 0 aliphatic heterocycles. The molecule has 3 nitrogen and oxygen atoms in total. The van der Waals surface area contributed by atoms with E-state index < -0.39 is 23.4 Å². The maximum Gasteiger partial charge on any atom is 0.419 e. The lowest BCUT2D eigenvalue weighted by molar-refractivity contribution is -0.137. The number of hydrogen-bond donors (Lipinski definition) is 0. The van der Waals surface area contributed by atoms with Crippen LogP contribution in [-0.4, -0.2) is 16.3 Å². The molecule has 8 heteroatoms. The van der Waals surface area contributed by atoms with Crippen molar-refractivity contribution in [1.82, 2.24) is 4.57 Å². The van der Waals surface area contributed by atoms with Crippen molar-refractivity contribution in [3.8, 4) is 11.3 Å². The minimum absolute atomic E-state index is 0.0796. The molecular formula is C16H14Br2F3NO2. The zero-order chi connectivity index (χ0) is 18.3. The Labute approximate surface area is 154 Å². The largest absolute Gasteiger partial charge is 0.443 e. The molecule has 0 saturated heterocycles. The zero-order valence-electron chi connectivity index (χ0n) is 13.0. The van der Waals surface area contributed by atoms with Crippen molar-refractivity contribution in [2.75, 3.05) is 0 Å². The molecule has 0 fully saturated rings. The smallest absolute Gasteiger partial charge is 0.419 e. The fourth-order valence-corrected chi connectivity index (χ4v) is 3.10. The Balaban J connectivity index is 2.66. The van der Waals surface area contributed by atoms with Gasteiger partial charge in [-0.2, -0.15) is 13.2 Å². The van der Waals surface area contributed by atoms with Crippen LogP contribution in [-0.2, 0) is 10.9 Å². The third-order valence-corrected chi connectivity index (χ3v) is 4.05. The first-order chi connectivity index (χ1) is 10.9. The molecule has 0 saturated carbocycles. The first kappa shape index (κ1) is 19.1. The molecule has 24 heavy (non-hydrogen) atoms. The van der Waals surface area contributed by atoms with E-state index in [1.807, 2.05) is 0 Å². The Bertz CT molecular complexity index is 777. The molecule has 0 N–H and O–H groups in total. The predicted octanol–water partition coefficient (Wildman–Crippen LogP) is 6.48. The van der Waals surface area contributed by atoms with E-state index in [-0.39, 0.29) is 15.7 Å². The van der Waals surface area contributed by atoms with Gasteiger partial charge >= 0.3 is 12.3 Å². The second-order valence-electron chi connectivity index (χ2n) is 6.05. The normalized spacial score (nSPS) is 12.3. The summed E-state index contributed by atoms with van der Waals surface area (Å²) in [4.78, 5) is 12.4. The Morgan fingerprint density at radius 1 is 1.17 bits per heavy atom. The van der Waals surface area contributed by atoms with Crippen molar-refractivity contribution in [2.45, 2.75) is 32.5 Å². The fourth-order valence-electron chi connectivity index (χ4n) is 2.11. The van der Waals surface area contributed by atoms with E-state index in [4.69, 9.17) is 4.74 Å². The van der Waals surface area contributed by atoms with Gasteiger partial charge in [0.1, 0.15) is 5.60 Å². The number of aromatic nitrogens is 1. The number of nitrogens with zero attached hydrogens (tertiary/aromatic N) is 1. The van der Waals surface area contributed by atoms with Gasteiger partial charge in [0.15, 0.2) is 0 Å². The number of carbonyl (C=O) groups is 1. The summed E-state index contributed by atoms with van der Waals surface area (Å²) < 4.78 is 47.1. The molecule has 1 heterocycles. The van der Waals surface area contributed by atoms with E-state index in [1.54, 1.807) is 20.8 Å². The van der Waals surface area contributed by atoms with E-state index in [0.29, 0.717) is 4.47 Å².